The molecule has 0 atom stereocenters. The quantitative estimate of drug-likeness (QED) is 0.752. The first kappa shape index (κ1) is 15.3. The number of nitrogens with zero attached hydrogens (tertiary/aromatic N) is 2. The molecule has 4 nitrogen and oxygen atoms in total. The molecule has 106 valence electrons. The van der Waals surface area contributed by atoms with Crippen molar-refractivity contribution in [3.05, 3.63) is 38.9 Å². The van der Waals surface area contributed by atoms with E-state index in [1.54, 1.807) is 6.20 Å². The number of nitrogens with one attached hydrogen (secondary N) is 2. The third-order valence-electron chi connectivity index (χ3n) is 2.65. The number of hydrogen-bond acceptors (Lipinski definition) is 4. The number of hydrogen-bond donors (Lipinski definition) is 2. The van der Waals surface area contributed by atoms with Crippen LogP contribution in [0.15, 0.2) is 33.3 Å². The molecule has 2 N–H and O–H groups in total. The van der Waals surface area contributed by atoms with Gasteiger partial charge in [-0.05, 0) is 62.9 Å². The summed E-state index contributed by atoms with van der Waals surface area (Å²) < 4.78 is 1.82. The summed E-state index contributed by atoms with van der Waals surface area (Å²) in [7, 11) is 0. The van der Waals surface area contributed by atoms with E-state index in [0.717, 1.165) is 33.4 Å². The molecule has 0 fully saturated rings. The highest BCUT2D eigenvalue weighted by Gasteiger charge is 2.07. The first-order valence-electron chi connectivity index (χ1n) is 6.39. The van der Waals surface area contributed by atoms with Crippen molar-refractivity contribution >= 4 is 49.3 Å². The van der Waals surface area contributed by atoms with Gasteiger partial charge in [-0.2, -0.15) is 4.98 Å². The first-order chi connectivity index (χ1) is 9.60. The molecular formula is C14H16Br2N4. The van der Waals surface area contributed by atoms with E-state index >= 15 is 0 Å². The molecular weight excluding hydrogens is 384 g/mol. The van der Waals surface area contributed by atoms with E-state index in [-0.39, 0.29) is 0 Å². The van der Waals surface area contributed by atoms with E-state index in [1.165, 1.54) is 5.56 Å². The highest BCUT2D eigenvalue weighted by molar-refractivity contribution is 9.11. The van der Waals surface area contributed by atoms with Gasteiger partial charge in [0.05, 0.1) is 10.2 Å². The molecule has 20 heavy (non-hydrogen) atoms. The fourth-order valence-electron chi connectivity index (χ4n) is 1.64. The Labute approximate surface area is 135 Å². The Kier molecular flexibility index (Phi) is 5.37. The molecule has 0 bridgehead atoms. The Morgan fingerprint density at radius 1 is 1.20 bits per heavy atom. The topological polar surface area (TPSA) is 49.8 Å². The van der Waals surface area contributed by atoms with Gasteiger partial charge in [0.2, 0.25) is 5.95 Å². The summed E-state index contributed by atoms with van der Waals surface area (Å²) in [6.07, 6.45) is 2.78. The Morgan fingerprint density at radius 3 is 2.75 bits per heavy atom. The summed E-state index contributed by atoms with van der Waals surface area (Å²) in [5.74, 6) is 1.37. The van der Waals surface area contributed by atoms with Crippen molar-refractivity contribution < 1.29 is 0 Å². The molecule has 0 aliphatic carbocycles. The zero-order chi connectivity index (χ0) is 14.5. The maximum Gasteiger partial charge on any atom is 0.224 e. The second kappa shape index (κ2) is 7.04. The third-order valence-corrected chi connectivity index (χ3v) is 3.92. The number of aromatic nitrogens is 2. The summed E-state index contributed by atoms with van der Waals surface area (Å²) >= 11 is 7.00. The van der Waals surface area contributed by atoms with Gasteiger partial charge >= 0.3 is 0 Å². The lowest BCUT2D eigenvalue weighted by Gasteiger charge is -2.11. The summed E-state index contributed by atoms with van der Waals surface area (Å²) in [5, 5.41) is 6.49. The lowest BCUT2D eigenvalue weighted by molar-refractivity contribution is 0.952. The molecule has 1 aromatic heterocycles. The van der Waals surface area contributed by atoms with Crippen molar-refractivity contribution in [3.8, 4) is 0 Å². The monoisotopic (exact) mass is 398 g/mol. The zero-order valence-electron chi connectivity index (χ0n) is 11.4. The van der Waals surface area contributed by atoms with Gasteiger partial charge < -0.3 is 10.6 Å². The average molecular weight is 400 g/mol. The van der Waals surface area contributed by atoms with Gasteiger partial charge in [-0.25, -0.2) is 4.98 Å². The molecule has 1 aromatic carbocycles. The van der Waals surface area contributed by atoms with Crippen molar-refractivity contribution in [1.29, 1.82) is 0 Å². The zero-order valence-corrected chi connectivity index (χ0v) is 14.5. The third kappa shape index (κ3) is 3.93. The highest BCUT2D eigenvalue weighted by Crippen LogP contribution is 2.29. The second-order valence-corrected chi connectivity index (χ2v) is 6.13. The summed E-state index contributed by atoms with van der Waals surface area (Å²) in [6, 6.07) is 6.14. The summed E-state index contributed by atoms with van der Waals surface area (Å²) in [6.45, 7) is 5.02. The molecule has 2 aromatic rings. The Morgan fingerprint density at radius 2 is 2.00 bits per heavy atom. The predicted molar refractivity (Wildman–Crippen MR) is 90.7 cm³/mol. The Hall–Kier alpha value is -1.14. The minimum atomic E-state index is 0.626. The van der Waals surface area contributed by atoms with E-state index in [4.69, 9.17) is 0 Å². The van der Waals surface area contributed by atoms with Gasteiger partial charge in [-0.3, -0.25) is 0 Å². The van der Waals surface area contributed by atoms with Gasteiger partial charge in [0.15, 0.2) is 0 Å². The van der Waals surface area contributed by atoms with Crippen LogP contribution in [-0.2, 0) is 0 Å². The lowest BCUT2D eigenvalue weighted by atomic mass is 10.2. The second-order valence-electron chi connectivity index (χ2n) is 4.43. The molecule has 6 heteroatoms. The van der Waals surface area contributed by atoms with Crippen molar-refractivity contribution in [3.63, 3.8) is 0 Å². The van der Waals surface area contributed by atoms with Gasteiger partial charge in [-0.1, -0.05) is 13.0 Å². The maximum atomic E-state index is 4.47. The predicted octanol–water partition coefficient (Wildman–Crippen LogP) is 4.88. The van der Waals surface area contributed by atoms with Crippen LogP contribution in [-0.4, -0.2) is 16.5 Å². The molecule has 0 spiro atoms. The molecule has 2 rings (SSSR count). The largest absolute Gasteiger partial charge is 0.354 e. The summed E-state index contributed by atoms with van der Waals surface area (Å²) in [5.41, 5.74) is 2.16. The van der Waals surface area contributed by atoms with Crippen LogP contribution in [0.3, 0.4) is 0 Å². The molecule has 0 aliphatic rings. The van der Waals surface area contributed by atoms with Crippen molar-refractivity contribution in [2.45, 2.75) is 20.3 Å². The molecule has 0 saturated heterocycles. The molecule has 0 unspecified atom stereocenters. The number of aryl methyl sites for hydroxylation is 1. The standard InChI is InChI=1S/C14H16Br2N4/c1-3-6-17-14-18-8-11(16)13(20-14)19-12-7-9(2)4-5-10(12)15/h4-5,7-8H,3,6H2,1-2H3,(H2,17,18,19,20). The SMILES string of the molecule is CCCNc1ncc(Br)c(Nc2cc(C)ccc2Br)n1. The van der Waals surface area contributed by atoms with Crippen molar-refractivity contribution in [1.82, 2.24) is 9.97 Å². The van der Waals surface area contributed by atoms with Crippen LogP contribution in [0.1, 0.15) is 18.9 Å². The number of halogens is 2. The molecule has 1 heterocycles. The lowest BCUT2D eigenvalue weighted by Crippen LogP contribution is -2.06. The fraction of sp³-hybridized carbons (Fsp3) is 0.286. The fourth-order valence-corrected chi connectivity index (χ4v) is 2.28. The molecule has 0 radical (unpaired) electrons. The van der Waals surface area contributed by atoms with E-state index < -0.39 is 0 Å². The van der Waals surface area contributed by atoms with Crippen LogP contribution in [0, 0.1) is 6.92 Å². The summed E-state index contributed by atoms with van der Waals surface area (Å²) in [4.78, 5) is 8.71. The number of anilines is 3. The maximum absolute atomic E-state index is 4.47. The first-order valence-corrected chi connectivity index (χ1v) is 7.98. The van der Waals surface area contributed by atoms with Crippen LogP contribution < -0.4 is 10.6 Å². The van der Waals surface area contributed by atoms with Gasteiger partial charge in [0.25, 0.3) is 0 Å². The smallest absolute Gasteiger partial charge is 0.224 e. The number of rotatable bonds is 5. The molecule has 0 amide bonds. The van der Waals surface area contributed by atoms with Gasteiger partial charge in [0.1, 0.15) is 5.82 Å². The Balaban J connectivity index is 2.25. The minimum absolute atomic E-state index is 0.626. The number of benzene rings is 1. The molecule has 0 aliphatic heterocycles. The van der Waals surface area contributed by atoms with Crippen LogP contribution in [0.4, 0.5) is 17.5 Å². The van der Waals surface area contributed by atoms with E-state index in [2.05, 4.69) is 78.4 Å². The minimum Gasteiger partial charge on any atom is -0.354 e. The normalized spacial score (nSPS) is 10.4. The Bertz CT molecular complexity index is 602. The van der Waals surface area contributed by atoms with Crippen LogP contribution >= 0.6 is 31.9 Å². The highest BCUT2D eigenvalue weighted by atomic mass is 79.9. The van der Waals surface area contributed by atoms with E-state index in [1.807, 2.05) is 6.07 Å². The van der Waals surface area contributed by atoms with Gasteiger partial charge in [-0.15, -0.1) is 0 Å². The van der Waals surface area contributed by atoms with Gasteiger partial charge in [0, 0.05) is 17.2 Å². The van der Waals surface area contributed by atoms with Crippen molar-refractivity contribution in [2.75, 3.05) is 17.2 Å². The van der Waals surface area contributed by atoms with Crippen LogP contribution in [0.5, 0.6) is 0 Å². The van der Waals surface area contributed by atoms with E-state index in [0.29, 0.717) is 5.95 Å². The van der Waals surface area contributed by atoms with E-state index in [9.17, 15) is 0 Å². The average Bonchev–Trinajstić information content (AvgIpc) is 2.43. The van der Waals surface area contributed by atoms with Crippen molar-refractivity contribution in [2.24, 2.45) is 0 Å². The van der Waals surface area contributed by atoms with Crippen LogP contribution in [0.25, 0.3) is 0 Å². The van der Waals surface area contributed by atoms with Crippen LogP contribution in [0.2, 0.25) is 0 Å². The molecule has 0 saturated carbocycles.